The van der Waals surface area contributed by atoms with E-state index in [-0.39, 0.29) is 17.3 Å². The molecule has 8 heteroatoms. The molecule has 2 aromatic carbocycles. The van der Waals surface area contributed by atoms with Crippen LogP contribution in [0.3, 0.4) is 0 Å². The minimum atomic E-state index is -0.408. The molecule has 2 aliphatic rings. The van der Waals surface area contributed by atoms with Crippen LogP contribution in [0.5, 0.6) is 17.2 Å². The minimum Gasteiger partial charge on any atom is -0.478 e. The van der Waals surface area contributed by atoms with Crippen molar-refractivity contribution >= 4 is 16.9 Å². The third-order valence-corrected chi connectivity index (χ3v) is 5.83. The fourth-order valence-electron chi connectivity index (χ4n) is 4.20. The first-order chi connectivity index (χ1) is 16.1. The number of esters is 1. The minimum absolute atomic E-state index is 0.0688. The van der Waals surface area contributed by atoms with Gasteiger partial charge in [0.05, 0.1) is 29.2 Å². The first kappa shape index (κ1) is 21.5. The van der Waals surface area contributed by atoms with E-state index in [0.29, 0.717) is 42.2 Å². The Morgan fingerprint density at radius 2 is 2.03 bits per heavy atom. The highest BCUT2D eigenvalue weighted by Crippen LogP contribution is 2.33. The molecule has 3 heterocycles. The van der Waals surface area contributed by atoms with Crippen molar-refractivity contribution in [2.75, 3.05) is 26.5 Å². The number of carbonyl (C=O) groups is 1. The summed E-state index contributed by atoms with van der Waals surface area (Å²) in [6, 6.07) is 9.90. The van der Waals surface area contributed by atoms with Gasteiger partial charge in [-0.2, -0.15) is 0 Å². The van der Waals surface area contributed by atoms with Crippen LogP contribution in [0.4, 0.5) is 0 Å². The molecule has 1 unspecified atom stereocenters. The Balaban J connectivity index is 1.37. The van der Waals surface area contributed by atoms with Gasteiger partial charge in [-0.05, 0) is 56.2 Å². The third-order valence-electron chi connectivity index (χ3n) is 5.83. The summed E-state index contributed by atoms with van der Waals surface area (Å²) in [7, 11) is 0. The molecule has 0 spiro atoms. The number of rotatable bonds is 6. The van der Waals surface area contributed by atoms with Crippen LogP contribution >= 0.6 is 0 Å². The molecule has 33 heavy (non-hydrogen) atoms. The number of carbonyl (C=O) groups excluding carboxylic acids is 1. The highest BCUT2D eigenvalue weighted by Gasteiger charge is 2.26. The number of hydrogen-bond donors (Lipinski definition) is 0. The molecule has 0 aliphatic carbocycles. The Kier molecular flexibility index (Phi) is 6.02. The van der Waals surface area contributed by atoms with Crippen LogP contribution in [0.2, 0.25) is 0 Å². The lowest BCUT2D eigenvalue weighted by Gasteiger charge is -2.30. The summed E-state index contributed by atoms with van der Waals surface area (Å²) in [5.74, 6) is 0.797. The molecule has 0 amide bonds. The van der Waals surface area contributed by atoms with Gasteiger partial charge in [0.2, 0.25) is 11.2 Å². The third kappa shape index (κ3) is 4.44. The Labute approximate surface area is 190 Å². The second-order valence-electron chi connectivity index (χ2n) is 8.11. The van der Waals surface area contributed by atoms with E-state index in [1.165, 1.54) is 6.26 Å². The molecule has 1 fully saturated rings. The van der Waals surface area contributed by atoms with Gasteiger partial charge >= 0.3 is 5.97 Å². The van der Waals surface area contributed by atoms with Crippen LogP contribution in [0.25, 0.3) is 11.0 Å². The number of fused-ring (bicyclic) bond motifs is 3. The van der Waals surface area contributed by atoms with Crippen LogP contribution in [0.1, 0.15) is 35.7 Å². The Bertz CT molecular complexity index is 1210. The van der Waals surface area contributed by atoms with Crippen molar-refractivity contribution in [1.82, 2.24) is 4.90 Å². The van der Waals surface area contributed by atoms with Crippen molar-refractivity contribution in [3.63, 3.8) is 0 Å². The monoisotopic (exact) mass is 451 g/mol. The SMILES string of the molecule is CCOC(=O)c1ccc(Oc2coc3c4c(ccc3c2=O)OCN(CC2CCCO2)C4)cc1. The zero-order valence-corrected chi connectivity index (χ0v) is 18.4. The molecule has 2 aliphatic heterocycles. The molecular weight excluding hydrogens is 426 g/mol. The van der Waals surface area contributed by atoms with Crippen LogP contribution in [-0.4, -0.2) is 43.5 Å². The number of hydrogen-bond acceptors (Lipinski definition) is 8. The summed E-state index contributed by atoms with van der Waals surface area (Å²) in [6.07, 6.45) is 3.67. The lowest BCUT2D eigenvalue weighted by Crippen LogP contribution is -2.37. The van der Waals surface area contributed by atoms with Gasteiger partial charge in [0.25, 0.3) is 0 Å². The Morgan fingerprint density at radius 3 is 2.79 bits per heavy atom. The van der Waals surface area contributed by atoms with Gasteiger partial charge < -0.3 is 23.4 Å². The van der Waals surface area contributed by atoms with Crippen molar-refractivity contribution < 1.29 is 28.2 Å². The largest absolute Gasteiger partial charge is 0.478 e. The average molecular weight is 451 g/mol. The summed E-state index contributed by atoms with van der Waals surface area (Å²) < 4.78 is 28.2. The highest BCUT2D eigenvalue weighted by molar-refractivity contribution is 5.89. The second-order valence-corrected chi connectivity index (χ2v) is 8.11. The van der Waals surface area contributed by atoms with Crippen LogP contribution in [0, 0.1) is 0 Å². The summed E-state index contributed by atoms with van der Waals surface area (Å²) in [6.45, 7) is 4.73. The molecule has 0 N–H and O–H groups in total. The summed E-state index contributed by atoms with van der Waals surface area (Å²) >= 11 is 0. The molecular formula is C25H25NO7. The zero-order chi connectivity index (χ0) is 22.8. The zero-order valence-electron chi connectivity index (χ0n) is 18.4. The fraction of sp³-hybridized carbons (Fsp3) is 0.360. The lowest BCUT2D eigenvalue weighted by molar-refractivity contribution is 0.0281. The number of nitrogens with zero attached hydrogens (tertiary/aromatic N) is 1. The molecule has 1 atom stereocenters. The van der Waals surface area contributed by atoms with Gasteiger partial charge in [-0.25, -0.2) is 4.79 Å². The van der Waals surface area contributed by atoms with Crippen LogP contribution < -0.4 is 14.9 Å². The van der Waals surface area contributed by atoms with Crippen molar-refractivity contribution in [2.45, 2.75) is 32.4 Å². The maximum Gasteiger partial charge on any atom is 0.338 e. The maximum absolute atomic E-state index is 13.1. The molecule has 0 radical (unpaired) electrons. The van der Waals surface area contributed by atoms with E-state index in [1.807, 2.05) is 0 Å². The topological polar surface area (TPSA) is 87.4 Å². The first-order valence-electron chi connectivity index (χ1n) is 11.1. The number of benzene rings is 2. The van der Waals surface area contributed by atoms with Crippen LogP contribution in [0.15, 0.2) is 51.9 Å². The van der Waals surface area contributed by atoms with E-state index in [4.69, 9.17) is 23.4 Å². The van der Waals surface area contributed by atoms with E-state index < -0.39 is 5.97 Å². The summed E-state index contributed by atoms with van der Waals surface area (Å²) in [5, 5.41) is 0.428. The standard InChI is InChI=1S/C25H25NO7/c1-2-29-25(28)16-5-7-17(8-6-16)33-22-14-31-24-19(23(22)27)9-10-21-20(24)13-26(15-32-21)12-18-4-3-11-30-18/h5-10,14,18H,2-4,11-13,15H2,1H3. The van der Waals surface area contributed by atoms with E-state index >= 15 is 0 Å². The van der Waals surface area contributed by atoms with Crippen LogP contribution in [-0.2, 0) is 16.0 Å². The predicted molar refractivity (Wildman–Crippen MR) is 120 cm³/mol. The molecule has 8 nitrogen and oxygen atoms in total. The molecule has 3 aromatic rings. The molecule has 0 saturated carbocycles. The molecule has 1 aromatic heterocycles. The van der Waals surface area contributed by atoms with Crippen molar-refractivity contribution in [1.29, 1.82) is 0 Å². The Hall–Kier alpha value is -3.36. The average Bonchev–Trinajstić information content (AvgIpc) is 3.34. The van der Waals surface area contributed by atoms with Gasteiger partial charge in [0.15, 0.2) is 0 Å². The van der Waals surface area contributed by atoms with E-state index in [2.05, 4.69) is 4.90 Å². The second kappa shape index (κ2) is 9.25. The fourth-order valence-corrected chi connectivity index (χ4v) is 4.20. The van der Waals surface area contributed by atoms with Gasteiger partial charge in [-0.15, -0.1) is 0 Å². The summed E-state index contributed by atoms with van der Waals surface area (Å²) in [4.78, 5) is 27.1. The van der Waals surface area contributed by atoms with E-state index in [0.717, 1.165) is 37.3 Å². The summed E-state index contributed by atoms with van der Waals surface area (Å²) in [5.41, 5.74) is 1.48. The Morgan fingerprint density at radius 1 is 1.18 bits per heavy atom. The maximum atomic E-state index is 13.1. The van der Waals surface area contributed by atoms with Gasteiger partial charge in [0.1, 0.15) is 30.1 Å². The van der Waals surface area contributed by atoms with Crippen molar-refractivity contribution in [3.8, 4) is 17.2 Å². The normalized spacial score (nSPS) is 18.0. The molecule has 5 rings (SSSR count). The molecule has 1 saturated heterocycles. The van der Waals surface area contributed by atoms with E-state index in [9.17, 15) is 9.59 Å². The molecule has 172 valence electrons. The highest BCUT2D eigenvalue weighted by atomic mass is 16.5. The van der Waals surface area contributed by atoms with Gasteiger partial charge in [-0.1, -0.05) is 0 Å². The van der Waals surface area contributed by atoms with Gasteiger partial charge in [-0.3, -0.25) is 9.69 Å². The van der Waals surface area contributed by atoms with Gasteiger partial charge in [0, 0.05) is 19.7 Å². The van der Waals surface area contributed by atoms with E-state index in [1.54, 1.807) is 43.3 Å². The lowest BCUT2D eigenvalue weighted by atomic mass is 10.1. The quantitative estimate of drug-likeness (QED) is 0.518. The molecule has 0 bridgehead atoms. The predicted octanol–water partition coefficient (Wildman–Crippen LogP) is 4.09. The number of ether oxygens (including phenoxy) is 4. The first-order valence-corrected chi connectivity index (χ1v) is 11.1. The van der Waals surface area contributed by atoms with Crippen molar-refractivity contribution in [2.24, 2.45) is 0 Å². The van der Waals surface area contributed by atoms with Crippen molar-refractivity contribution in [3.05, 3.63) is 64.0 Å². The smallest absolute Gasteiger partial charge is 0.338 e.